The number of carbonyl (C=O) groups is 3. The Bertz CT molecular complexity index is 1210. The van der Waals surface area contributed by atoms with Gasteiger partial charge < -0.3 is 25.2 Å². The fraction of sp³-hybridized carbons (Fsp3) is 0.269. The average molecular weight is 493 g/mol. The molecular weight excluding hydrogens is 468 g/mol. The molecule has 1 saturated heterocycles. The molecule has 1 aromatic heterocycles. The Morgan fingerprint density at radius 1 is 1.06 bits per heavy atom. The van der Waals surface area contributed by atoms with Crippen molar-refractivity contribution in [2.24, 2.45) is 0 Å². The summed E-state index contributed by atoms with van der Waals surface area (Å²) in [6, 6.07) is 18.2. The molecule has 1 aliphatic carbocycles. The van der Waals surface area contributed by atoms with Gasteiger partial charge in [-0.3, -0.25) is 4.79 Å². The Morgan fingerprint density at radius 3 is 2.31 bits per heavy atom. The smallest absolute Gasteiger partial charge is 0.408 e. The summed E-state index contributed by atoms with van der Waals surface area (Å²) >= 11 is 1.23. The molecule has 1 aliphatic heterocycles. The van der Waals surface area contributed by atoms with Gasteiger partial charge in [-0.2, -0.15) is 0 Å². The number of fused-ring (bicyclic) bond motifs is 3. The van der Waals surface area contributed by atoms with Gasteiger partial charge in [0.25, 0.3) is 0 Å². The van der Waals surface area contributed by atoms with Crippen LogP contribution in [0.3, 0.4) is 0 Å². The number of benzene rings is 2. The standard InChI is InChI=1S/C26H24N2O6S/c29-23(30)22(21-10-5-13-35-21)27-24(31)26(11-12-33-15-26)28-25(32)34-14-20-18-8-3-1-6-16(18)17-7-2-4-9-19(17)20/h1-10,13,20,22H,11-12,14-15H2,(H,27,31)(H,28,32)(H,29,30). The molecule has 2 amide bonds. The van der Waals surface area contributed by atoms with Crippen molar-refractivity contribution < 1.29 is 29.0 Å². The van der Waals surface area contributed by atoms with Crippen molar-refractivity contribution in [1.82, 2.24) is 10.6 Å². The van der Waals surface area contributed by atoms with Crippen LogP contribution in [0.1, 0.15) is 34.4 Å². The molecule has 0 bridgehead atoms. The highest BCUT2D eigenvalue weighted by Crippen LogP contribution is 2.44. The lowest BCUT2D eigenvalue weighted by atomic mass is 9.97. The fourth-order valence-electron chi connectivity index (χ4n) is 4.71. The number of nitrogens with one attached hydrogen (secondary N) is 2. The quantitative estimate of drug-likeness (QED) is 0.464. The van der Waals surface area contributed by atoms with Gasteiger partial charge in [-0.05, 0) is 33.7 Å². The maximum absolute atomic E-state index is 13.2. The van der Waals surface area contributed by atoms with E-state index in [1.165, 1.54) is 11.3 Å². The zero-order chi connectivity index (χ0) is 24.4. The number of rotatable bonds is 7. The molecule has 0 spiro atoms. The molecule has 9 heteroatoms. The van der Waals surface area contributed by atoms with E-state index in [4.69, 9.17) is 9.47 Å². The number of hydrogen-bond acceptors (Lipinski definition) is 6. The first-order valence-corrected chi connectivity index (χ1v) is 12.1. The third-order valence-electron chi connectivity index (χ3n) is 6.49. The summed E-state index contributed by atoms with van der Waals surface area (Å²) in [4.78, 5) is 38.3. The molecule has 8 nitrogen and oxygen atoms in total. The van der Waals surface area contributed by atoms with E-state index < -0.39 is 29.6 Å². The predicted molar refractivity (Wildman–Crippen MR) is 129 cm³/mol. The van der Waals surface area contributed by atoms with E-state index in [9.17, 15) is 19.5 Å². The molecule has 1 fully saturated rings. The summed E-state index contributed by atoms with van der Waals surface area (Å²) in [5.74, 6) is -1.92. The van der Waals surface area contributed by atoms with E-state index >= 15 is 0 Å². The van der Waals surface area contributed by atoms with E-state index in [1.807, 2.05) is 36.4 Å². The Morgan fingerprint density at radius 2 is 1.74 bits per heavy atom. The van der Waals surface area contributed by atoms with Crippen molar-refractivity contribution in [3.8, 4) is 11.1 Å². The fourth-order valence-corrected chi connectivity index (χ4v) is 5.48. The Kier molecular flexibility index (Phi) is 6.27. The predicted octanol–water partition coefficient (Wildman–Crippen LogP) is 3.69. The van der Waals surface area contributed by atoms with Gasteiger partial charge in [-0.15, -0.1) is 11.3 Å². The molecule has 2 aliphatic rings. The van der Waals surface area contributed by atoms with E-state index in [0.717, 1.165) is 22.3 Å². The molecule has 2 unspecified atom stereocenters. The number of amides is 2. The number of carboxylic acids is 1. The van der Waals surface area contributed by atoms with Crippen LogP contribution in [-0.4, -0.2) is 48.4 Å². The molecule has 35 heavy (non-hydrogen) atoms. The zero-order valence-corrected chi connectivity index (χ0v) is 19.5. The van der Waals surface area contributed by atoms with Crippen LogP contribution >= 0.6 is 11.3 Å². The molecule has 2 aromatic carbocycles. The van der Waals surface area contributed by atoms with Crippen LogP contribution in [0.5, 0.6) is 0 Å². The summed E-state index contributed by atoms with van der Waals surface area (Å²) in [5.41, 5.74) is 2.99. The van der Waals surface area contributed by atoms with Gasteiger partial charge in [0, 0.05) is 23.8 Å². The minimum absolute atomic E-state index is 0.0696. The highest BCUT2D eigenvalue weighted by atomic mass is 32.1. The van der Waals surface area contributed by atoms with Crippen molar-refractivity contribution in [2.75, 3.05) is 19.8 Å². The summed E-state index contributed by atoms with van der Waals surface area (Å²) in [7, 11) is 0. The lowest BCUT2D eigenvalue weighted by molar-refractivity contribution is -0.143. The van der Waals surface area contributed by atoms with E-state index in [0.29, 0.717) is 4.88 Å². The van der Waals surface area contributed by atoms with Gasteiger partial charge in [0.2, 0.25) is 5.91 Å². The van der Waals surface area contributed by atoms with Crippen LogP contribution in [0, 0.1) is 0 Å². The Hall–Kier alpha value is -3.69. The zero-order valence-electron chi connectivity index (χ0n) is 18.7. The molecule has 2 atom stereocenters. The number of aliphatic carboxylic acids is 1. The monoisotopic (exact) mass is 492 g/mol. The molecule has 3 N–H and O–H groups in total. The normalized spacial score (nSPS) is 19.4. The largest absolute Gasteiger partial charge is 0.479 e. The van der Waals surface area contributed by atoms with Crippen LogP contribution in [0.15, 0.2) is 66.0 Å². The first-order valence-electron chi connectivity index (χ1n) is 11.3. The summed E-state index contributed by atoms with van der Waals surface area (Å²) < 4.78 is 11.0. The first-order chi connectivity index (χ1) is 17.0. The first kappa shape index (κ1) is 23.1. The molecule has 5 rings (SSSR count). The topological polar surface area (TPSA) is 114 Å². The van der Waals surface area contributed by atoms with Crippen molar-refractivity contribution >= 4 is 29.3 Å². The minimum Gasteiger partial charge on any atom is -0.479 e. The number of hydrogen-bond donors (Lipinski definition) is 3. The van der Waals surface area contributed by atoms with Crippen molar-refractivity contribution in [3.05, 3.63) is 82.0 Å². The SMILES string of the molecule is O=C(NC1(C(=O)NC(C(=O)O)c2cccs2)CCOC1)OCC1c2ccccc2-c2ccccc21. The van der Waals surface area contributed by atoms with Crippen LogP contribution < -0.4 is 10.6 Å². The minimum atomic E-state index is -1.41. The second-order valence-corrected chi connectivity index (χ2v) is 9.57. The highest BCUT2D eigenvalue weighted by molar-refractivity contribution is 7.10. The Balaban J connectivity index is 1.28. The van der Waals surface area contributed by atoms with Gasteiger partial charge in [0.15, 0.2) is 6.04 Å². The number of carboxylic acid groups (broad SMARTS) is 1. The summed E-state index contributed by atoms with van der Waals surface area (Å²) in [6.45, 7) is 0.291. The summed E-state index contributed by atoms with van der Waals surface area (Å²) in [6.07, 6.45) is -0.546. The second-order valence-electron chi connectivity index (χ2n) is 8.60. The lowest BCUT2D eigenvalue weighted by Crippen LogP contribution is -2.60. The van der Waals surface area contributed by atoms with Gasteiger partial charge in [-0.25, -0.2) is 9.59 Å². The van der Waals surface area contributed by atoms with Gasteiger partial charge >= 0.3 is 12.1 Å². The molecule has 0 radical (unpaired) electrons. The lowest BCUT2D eigenvalue weighted by Gasteiger charge is -2.28. The maximum Gasteiger partial charge on any atom is 0.408 e. The number of ether oxygens (including phenoxy) is 2. The van der Waals surface area contributed by atoms with E-state index in [1.54, 1.807) is 17.5 Å². The third kappa shape index (κ3) is 4.40. The number of carbonyl (C=O) groups excluding carboxylic acids is 2. The van der Waals surface area contributed by atoms with E-state index in [2.05, 4.69) is 22.8 Å². The van der Waals surface area contributed by atoms with Crippen LogP contribution in [0.2, 0.25) is 0 Å². The molecular formula is C26H24N2O6S. The van der Waals surface area contributed by atoms with Crippen molar-refractivity contribution in [2.45, 2.75) is 23.9 Å². The molecule has 180 valence electrons. The molecule has 2 heterocycles. The number of thiophene rings is 1. The van der Waals surface area contributed by atoms with Crippen molar-refractivity contribution in [1.29, 1.82) is 0 Å². The summed E-state index contributed by atoms with van der Waals surface area (Å²) in [5, 5.41) is 16.6. The van der Waals surface area contributed by atoms with Gasteiger partial charge in [-0.1, -0.05) is 54.6 Å². The second kappa shape index (κ2) is 9.52. The van der Waals surface area contributed by atoms with Crippen LogP contribution in [0.4, 0.5) is 4.79 Å². The highest BCUT2D eigenvalue weighted by Gasteiger charge is 2.46. The Labute approximate surface area is 205 Å². The molecule has 0 saturated carbocycles. The van der Waals surface area contributed by atoms with E-state index in [-0.39, 0.29) is 32.2 Å². The number of alkyl carbamates (subject to hydrolysis) is 1. The van der Waals surface area contributed by atoms with Gasteiger partial charge in [0.05, 0.1) is 6.61 Å². The molecule has 3 aromatic rings. The van der Waals surface area contributed by atoms with Gasteiger partial charge in [0.1, 0.15) is 12.1 Å². The van der Waals surface area contributed by atoms with Crippen molar-refractivity contribution in [3.63, 3.8) is 0 Å². The van der Waals surface area contributed by atoms with Crippen LogP contribution in [0.25, 0.3) is 11.1 Å². The van der Waals surface area contributed by atoms with Crippen LogP contribution in [-0.2, 0) is 19.1 Å². The third-order valence-corrected chi connectivity index (χ3v) is 7.43. The maximum atomic E-state index is 13.2. The average Bonchev–Trinajstić information content (AvgIpc) is 3.61.